The molecule has 614 valence electrons. The van der Waals surface area contributed by atoms with Crippen molar-refractivity contribution in [3.63, 3.8) is 0 Å². The van der Waals surface area contributed by atoms with Crippen molar-refractivity contribution in [1.29, 1.82) is 0 Å². The molecule has 0 amide bonds. The van der Waals surface area contributed by atoms with E-state index in [9.17, 15) is 38.7 Å². The summed E-state index contributed by atoms with van der Waals surface area (Å²) in [6, 6.07) is 48.8. The number of carbonyl (C=O) groups is 7. The van der Waals surface area contributed by atoms with Crippen molar-refractivity contribution in [2.24, 2.45) is 72.9 Å². The molecule has 8 bridgehead atoms. The van der Waals surface area contributed by atoms with Crippen LogP contribution in [0.5, 0.6) is 11.5 Å². The molecule has 14 rings (SSSR count). The number of phenols is 1. The number of allylic oxidation sites excluding steroid dienone is 3. The van der Waals surface area contributed by atoms with Crippen molar-refractivity contribution in [1.82, 2.24) is 0 Å². The van der Waals surface area contributed by atoms with Gasteiger partial charge in [-0.2, -0.15) is 0 Å². The summed E-state index contributed by atoms with van der Waals surface area (Å²) in [4.78, 5) is 84.7. The Balaban J connectivity index is 0.000000168. The molecule has 0 spiro atoms. The van der Waals surface area contributed by atoms with E-state index < -0.39 is 17.9 Å². The first kappa shape index (κ1) is 90.6. The molecule has 0 saturated heterocycles. The molecule has 6 aromatic carbocycles. The zero-order valence-electron chi connectivity index (χ0n) is 71.9. The lowest BCUT2D eigenvalue weighted by Crippen LogP contribution is -2.32. The monoisotopic (exact) mass is 1550 g/mol. The molecule has 114 heavy (non-hydrogen) atoms. The van der Waals surface area contributed by atoms with Gasteiger partial charge in [0.2, 0.25) is 0 Å². The van der Waals surface area contributed by atoms with Gasteiger partial charge in [0.1, 0.15) is 28.4 Å². The Morgan fingerprint density at radius 1 is 0.474 bits per heavy atom. The van der Waals surface area contributed by atoms with Crippen molar-refractivity contribution in [2.45, 2.75) is 233 Å². The van der Waals surface area contributed by atoms with Gasteiger partial charge >= 0.3 is 17.9 Å². The largest absolute Gasteiger partial charge is 0.507 e. The van der Waals surface area contributed by atoms with Crippen LogP contribution in [0.4, 0.5) is 5.69 Å². The highest BCUT2D eigenvalue weighted by Gasteiger charge is 2.66. The fraction of sp³-hybridized carbons (Fsp3) is 0.515. The molecule has 8 aliphatic carbocycles. The van der Waals surface area contributed by atoms with E-state index >= 15 is 0 Å². The van der Waals surface area contributed by atoms with E-state index in [0.29, 0.717) is 77.2 Å². The molecular formula is C101H133NO12. The Kier molecular flexibility index (Phi) is 30.7. The maximum Gasteiger partial charge on any atom is 0.341 e. The number of Topliss-reactive ketones (excluding diaryl/α,β-unsaturated/α-hetero) is 4. The highest BCUT2D eigenvalue weighted by molar-refractivity contribution is 6.09. The van der Waals surface area contributed by atoms with Crippen LogP contribution in [0, 0.1) is 79.8 Å². The fourth-order valence-electron chi connectivity index (χ4n) is 19.0. The Hall–Kier alpha value is -8.97. The van der Waals surface area contributed by atoms with Crippen molar-refractivity contribution in [2.75, 3.05) is 32.2 Å². The Labute approximate surface area is 682 Å². The zero-order chi connectivity index (χ0) is 83.8. The predicted molar refractivity (Wildman–Crippen MR) is 463 cm³/mol. The average molecular weight is 1550 g/mol. The Bertz CT molecular complexity index is 4290. The number of unbranched alkanes of at least 4 members (excludes halogenated alkanes) is 6. The van der Waals surface area contributed by atoms with E-state index in [4.69, 9.17) is 19.7 Å². The summed E-state index contributed by atoms with van der Waals surface area (Å²) in [5.41, 5.74) is 9.90. The molecule has 8 aliphatic rings. The van der Waals surface area contributed by atoms with Crippen molar-refractivity contribution < 1.29 is 58.4 Å². The van der Waals surface area contributed by atoms with Crippen LogP contribution in [0.3, 0.4) is 0 Å². The number of rotatable bonds is 21. The molecule has 0 heterocycles. The van der Waals surface area contributed by atoms with Crippen LogP contribution in [-0.2, 0) is 23.9 Å². The molecular weight excluding hydrogens is 1420 g/mol. The number of carboxylic acid groups (broad SMARTS) is 2. The summed E-state index contributed by atoms with van der Waals surface area (Å²) >= 11 is 0. The summed E-state index contributed by atoms with van der Waals surface area (Å²) in [6.07, 6.45) is 27.8. The van der Waals surface area contributed by atoms with Gasteiger partial charge in [0.15, 0.2) is 17.3 Å². The minimum Gasteiger partial charge on any atom is -0.507 e. The number of aromatic hydroxyl groups is 1. The van der Waals surface area contributed by atoms with Gasteiger partial charge in [-0.25, -0.2) is 14.4 Å². The number of phenolic OH excluding ortho intramolecular Hbond substituents is 1. The van der Waals surface area contributed by atoms with Crippen LogP contribution in [0.25, 0.3) is 18.2 Å². The number of ether oxygens (including phenoxy) is 2. The summed E-state index contributed by atoms with van der Waals surface area (Å²) in [7, 11) is 3.82. The predicted octanol–water partition coefficient (Wildman–Crippen LogP) is 24.3. The van der Waals surface area contributed by atoms with Crippen LogP contribution < -0.4 is 9.64 Å². The number of aryl methyl sites for hydroxylation is 1. The molecule has 9 unspecified atom stereocenters. The molecule has 0 aliphatic heterocycles. The van der Waals surface area contributed by atoms with Crippen LogP contribution >= 0.6 is 0 Å². The van der Waals surface area contributed by atoms with Gasteiger partial charge in [0, 0.05) is 47.9 Å². The van der Waals surface area contributed by atoms with Crippen LogP contribution in [0.2, 0.25) is 0 Å². The first-order chi connectivity index (χ1) is 53.8. The zero-order valence-corrected chi connectivity index (χ0v) is 71.9. The number of carbonyl (C=O) groups excluding carboxylic acids is 5. The summed E-state index contributed by atoms with van der Waals surface area (Å²) in [5, 5.41) is 27.1. The number of fused-ring (bicyclic) bond motifs is 8. The second-order valence-corrected chi connectivity index (χ2v) is 36.6. The minimum atomic E-state index is -0.937. The molecule has 0 aromatic heterocycles. The molecule has 0 radical (unpaired) electrons. The second-order valence-electron chi connectivity index (χ2n) is 36.6. The first-order valence-corrected chi connectivity index (χ1v) is 42.2. The Morgan fingerprint density at radius 3 is 1.27 bits per heavy atom. The summed E-state index contributed by atoms with van der Waals surface area (Å²) < 4.78 is 10.8. The van der Waals surface area contributed by atoms with Gasteiger partial charge in [-0.1, -0.05) is 270 Å². The molecule has 9 atom stereocenters. The van der Waals surface area contributed by atoms with Gasteiger partial charge < -0.3 is 29.7 Å². The molecule has 8 fully saturated rings. The molecule has 13 nitrogen and oxygen atoms in total. The molecule has 6 aromatic rings. The topological polar surface area (TPSA) is 202 Å². The van der Waals surface area contributed by atoms with Crippen molar-refractivity contribution in [3.05, 3.63) is 213 Å². The number of hydrogen-bond acceptors (Lipinski definition) is 11. The van der Waals surface area contributed by atoms with E-state index in [-0.39, 0.29) is 60.2 Å². The maximum atomic E-state index is 12.7. The van der Waals surface area contributed by atoms with Gasteiger partial charge in [0.05, 0.1) is 18.8 Å². The number of anilines is 1. The SMILES string of the molecule is CC12CCC(C(=Cc3ccccc3)C1=O)C2(C)C.CC12CCC(C(=Cc3ccccc3)C1=O)C2(C)C.CC12CCC(CC1=O)C2(C)C.CCCCC(CC)COC(=O)c1ccccc1O.CCCCCCCCOc1ccccc1C(=O)O.CN(C)c1ccc(C(=O)O)cc1.Cc1ccc(C=C2C(=O)C3(C)CCC2C3(C)C)cc1. The maximum absolute atomic E-state index is 12.7. The highest BCUT2D eigenvalue weighted by Crippen LogP contribution is 2.68. The van der Waals surface area contributed by atoms with Crippen LogP contribution in [-0.4, -0.2) is 83.7 Å². The van der Waals surface area contributed by atoms with Gasteiger partial charge in [-0.15, -0.1) is 0 Å². The average Bonchev–Trinajstić information content (AvgIpc) is 1.56. The van der Waals surface area contributed by atoms with E-state index in [2.05, 4.69) is 178 Å². The van der Waals surface area contributed by atoms with Crippen molar-refractivity contribution in [3.8, 4) is 11.5 Å². The lowest BCUT2D eigenvalue weighted by molar-refractivity contribution is -0.128. The number of ketones is 4. The number of esters is 1. The summed E-state index contributed by atoms with van der Waals surface area (Å²) in [6.45, 7) is 36.3. The molecule has 3 N–H and O–H groups in total. The number of carboxylic acids is 2. The lowest BCUT2D eigenvalue weighted by Gasteiger charge is -2.32. The van der Waals surface area contributed by atoms with E-state index in [1.54, 1.807) is 66.7 Å². The third-order valence-corrected chi connectivity index (χ3v) is 28.8. The van der Waals surface area contributed by atoms with Gasteiger partial charge in [-0.05, 0) is 223 Å². The third-order valence-electron chi connectivity index (χ3n) is 28.8. The van der Waals surface area contributed by atoms with E-state index in [1.807, 2.05) is 55.4 Å². The second kappa shape index (κ2) is 38.7. The van der Waals surface area contributed by atoms with Gasteiger partial charge in [0.25, 0.3) is 0 Å². The number of benzene rings is 6. The van der Waals surface area contributed by atoms with E-state index in [0.717, 1.165) is 129 Å². The lowest BCUT2D eigenvalue weighted by atomic mass is 9.70. The van der Waals surface area contributed by atoms with Crippen molar-refractivity contribution >= 4 is 65.0 Å². The highest BCUT2D eigenvalue weighted by atomic mass is 16.5. The number of nitrogens with zero attached hydrogens (tertiary/aromatic N) is 1. The third kappa shape index (κ3) is 19.8. The Morgan fingerprint density at radius 2 is 0.895 bits per heavy atom. The minimum absolute atomic E-state index is 0.0240. The molecule has 8 saturated carbocycles. The fourth-order valence-corrected chi connectivity index (χ4v) is 19.0. The first-order valence-electron chi connectivity index (χ1n) is 42.2. The normalized spacial score (nSPS) is 25.9. The van der Waals surface area contributed by atoms with Gasteiger partial charge in [-0.3, -0.25) is 19.2 Å². The quantitative estimate of drug-likeness (QED) is 0.0349. The van der Waals surface area contributed by atoms with E-state index in [1.165, 1.54) is 43.7 Å². The number of hydrogen-bond donors (Lipinski definition) is 3. The van der Waals surface area contributed by atoms with Crippen LogP contribution in [0.1, 0.15) is 279 Å². The van der Waals surface area contributed by atoms with Crippen LogP contribution in [0.15, 0.2) is 174 Å². The molecule has 13 heteroatoms. The smallest absolute Gasteiger partial charge is 0.341 e. The number of aromatic carboxylic acids is 2. The number of para-hydroxylation sites is 2. The standard InChI is InChI=1S/C18H22O.2C17H20O.2C15H22O3.C10H16O.C9H11NO2/c1-12-5-7-13(8-6-12)11-14-15-9-10-18(4,16(14)19)17(15,2)3;2*1-16(2)14-9-10-17(16,3)15(18)13(14)11-12-7-5-4-6-8-12;1-3-5-8-12(4-2)11-18-15(17)13-9-6-7-10-14(13)16;1-2-3-4-5-6-9-12-18-14-11-8-7-10-13(14)15(16)17;1-9(2)7-4-5-10(9,3)8(11)6-7;1-10(2)8-5-3-7(4-6-8)9(11)12/h5-8,11,15H,9-10H2,1-4H3;2*4-8,11,14H,9-10H2,1-3H3;6-7,9-10,12,16H,3-5,8,11H2,1-2H3;7-8,10-11H,2-6,9,12H2,1H3,(H,16,17);7H,4-6H2,1-3H3;3-6H,1-2H3,(H,11,12). The summed E-state index contributed by atoms with van der Waals surface area (Å²) in [5.74, 6) is 2.25.